The summed E-state index contributed by atoms with van der Waals surface area (Å²) in [7, 11) is -0.666. The fourth-order valence-corrected chi connectivity index (χ4v) is 5.40. The van der Waals surface area contributed by atoms with E-state index < -0.39 is 10.0 Å². The van der Waals surface area contributed by atoms with Crippen molar-refractivity contribution in [2.75, 3.05) is 45.3 Å². The SMILES string of the molecule is COc1ccc(-c2ccc(N3CCN(S(=O)(=O)c4cc(Cl)ccc4OC)CC3)nn2)cc1. The van der Waals surface area contributed by atoms with Gasteiger partial charge in [0.1, 0.15) is 16.4 Å². The van der Waals surface area contributed by atoms with Crippen molar-refractivity contribution in [2.45, 2.75) is 4.90 Å². The van der Waals surface area contributed by atoms with Gasteiger partial charge in [-0.1, -0.05) is 11.6 Å². The summed E-state index contributed by atoms with van der Waals surface area (Å²) in [5.74, 6) is 1.76. The van der Waals surface area contributed by atoms with Gasteiger partial charge in [0.05, 0.1) is 19.9 Å². The minimum Gasteiger partial charge on any atom is -0.497 e. The largest absolute Gasteiger partial charge is 0.497 e. The van der Waals surface area contributed by atoms with Crippen LogP contribution in [0.15, 0.2) is 59.5 Å². The Morgan fingerprint density at radius 3 is 2.19 bits per heavy atom. The molecular formula is C22H23ClN4O4S. The quantitative estimate of drug-likeness (QED) is 0.541. The van der Waals surface area contributed by atoms with Crippen LogP contribution in [0.2, 0.25) is 5.02 Å². The van der Waals surface area contributed by atoms with E-state index in [9.17, 15) is 8.42 Å². The first-order valence-corrected chi connectivity index (χ1v) is 11.8. The summed E-state index contributed by atoms with van der Waals surface area (Å²) in [6.45, 7) is 1.64. The van der Waals surface area contributed by atoms with Crippen LogP contribution in [0, 0.1) is 0 Å². The third-order valence-corrected chi connectivity index (χ3v) is 7.50. The lowest BCUT2D eigenvalue weighted by molar-refractivity contribution is 0.373. The Hall–Kier alpha value is -2.88. The molecule has 1 saturated heterocycles. The molecule has 1 aliphatic rings. The molecule has 8 nitrogen and oxygen atoms in total. The Morgan fingerprint density at radius 1 is 0.875 bits per heavy atom. The number of rotatable bonds is 6. The van der Waals surface area contributed by atoms with Crippen LogP contribution in [0.3, 0.4) is 0 Å². The lowest BCUT2D eigenvalue weighted by atomic mass is 10.1. The van der Waals surface area contributed by atoms with Crippen LogP contribution in [0.4, 0.5) is 5.82 Å². The molecule has 0 amide bonds. The van der Waals surface area contributed by atoms with Crippen LogP contribution < -0.4 is 14.4 Å². The Bertz CT molecular complexity index is 1180. The molecule has 0 atom stereocenters. The van der Waals surface area contributed by atoms with Crippen LogP contribution >= 0.6 is 11.6 Å². The van der Waals surface area contributed by atoms with Crippen molar-refractivity contribution in [1.82, 2.24) is 14.5 Å². The normalized spacial score (nSPS) is 14.9. The minimum atomic E-state index is -3.73. The smallest absolute Gasteiger partial charge is 0.246 e. The highest BCUT2D eigenvalue weighted by Gasteiger charge is 2.31. The van der Waals surface area contributed by atoms with E-state index in [0.29, 0.717) is 37.0 Å². The standard InChI is InChI=1S/C22H23ClN4O4S/c1-30-18-6-3-16(4-7-18)19-8-10-22(25-24-19)26-11-13-27(14-12-26)32(28,29)21-15-17(23)5-9-20(21)31-2/h3-10,15H,11-14H2,1-2H3. The van der Waals surface area contributed by atoms with E-state index in [4.69, 9.17) is 21.1 Å². The molecule has 10 heteroatoms. The zero-order valence-corrected chi connectivity index (χ0v) is 19.3. The summed E-state index contributed by atoms with van der Waals surface area (Å²) in [4.78, 5) is 2.09. The van der Waals surface area contributed by atoms with E-state index in [2.05, 4.69) is 10.2 Å². The van der Waals surface area contributed by atoms with Gasteiger partial charge >= 0.3 is 0 Å². The molecular weight excluding hydrogens is 452 g/mol. The maximum Gasteiger partial charge on any atom is 0.246 e. The van der Waals surface area contributed by atoms with E-state index in [1.165, 1.54) is 17.5 Å². The number of hydrogen-bond donors (Lipinski definition) is 0. The average molecular weight is 475 g/mol. The van der Waals surface area contributed by atoms with E-state index >= 15 is 0 Å². The molecule has 0 saturated carbocycles. The zero-order chi connectivity index (χ0) is 22.7. The van der Waals surface area contributed by atoms with Crippen LogP contribution in [-0.4, -0.2) is 63.3 Å². The summed E-state index contributed by atoms with van der Waals surface area (Å²) in [5.41, 5.74) is 1.70. The predicted octanol–water partition coefficient (Wildman–Crippen LogP) is 3.33. The molecule has 1 fully saturated rings. The predicted molar refractivity (Wildman–Crippen MR) is 123 cm³/mol. The van der Waals surface area contributed by atoms with Crippen molar-refractivity contribution in [3.8, 4) is 22.8 Å². The topological polar surface area (TPSA) is 84.9 Å². The van der Waals surface area contributed by atoms with Crippen molar-refractivity contribution in [3.05, 3.63) is 59.6 Å². The highest BCUT2D eigenvalue weighted by molar-refractivity contribution is 7.89. The molecule has 0 bridgehead atoms. The van der Waals surface area contributed by atoms with Crippen molar-refractivity contribution < 1.29 is 17.9 Å². The van der Waals surface area contributed by atoms with Gasteiger partial charge in [-0.3, -0.25) is 0 Å². The zero-order valence-electron chi connectivity index (χ0n) is 17.7. The summed E-state index contributed by atoms with van der Waals surface area (Å²) in [6.07, 6.45) is 0. The van der Waals surface area contributed by atoms with Gasteiger partial charge < -0.3 is 14.4 Å². The third-order valence-electron chi connectivity index (χ3n) is 5.34. The van der Waals surface area contributed by atoms with Crippen molar-refractivity contribution >= 4 is 27.4 Å². The van der Waals surface area contributed by atoms with Crippen molar-refractivity contribution in [1.29, 1.82) is 0 Å². The van der Waals surface area contributed by atoms with E-state index in [0.717, 1.165) is 17.0 Å². The molecule has 0 aliphatic carbocycles. The molecule has 0 N–H and O–H groups in total. The monoisotopic (exact) mass is 474 g/mol. The summed E-state index contributed by atoms with van der Waals surface area (Å²) < 4.78 is 38.1. The molecule has 1 aromatic heterocycles. The Morgan fingerprint density at radius 2 is 1.59 bits per heavy atom. The van der Waals surface area contributed by atoms with Crippen molar-refractivity contribution in [2.24, 2.45) is 0 Å². The molecule has 168 valence electrons. The molecule has 2 heterocycles. The van der Waals surface area contributed by atoms with E-state index in [-0.39, 0.29) is 10.6 Å². The molecule has 0 spiro atoms. The molecule has 0 radical (unpaired) electrons. The van der Waals surface area contributed by atoms with Gasteiger partial charge in [0.2, 0.25) is 10.0 Å². The first-order valence-electron chi connectivity index (χ1n) is 9.99. The van der Waals surface area contributed by atoms with Crippen molar-refractivity contribution in [3.63, 3.8) is 0 Å². The number of nitrogens with zero attached hydrogens (tertiary/aromatic N) is 4. The van der Waals surface area contributed by atoms with Crippen LogP contribution in [0.1, 0.15) is 0 Å². The summed E-state index contributed by atoms with van der Waals surface area (Å²) >= 11 is 6.03. The number of aromatic nitrogens is 2. The Labute approximate surface area is 192 Å². The number of benzene rings is 2. The second-order valence-electron chi connectivity index (χ2n) is 7.19. The second-order valence-corrected chi connectivity index (χ2v) is 9.53. The maximum absolute atomic E-state index is 13.1. The Balaban J connectivity index is 1.45. The van der Waals surface area contributed by atoms with Gasteiger partial charge in [0, 0.05) is 36.8 Å². The second kappa shape index (κ2) is 9.32. The van der Waals surface area contributed by atoms with Crippen LogP contribution in [0.25, 0.3) is 11.3 Å². The molecule has 3 aromatic rings. The van der Waals surface area contributed by atoms with E-state index in [1.54, 1.807) is 19.2 Å². The fourth-order valence-electron chi connectivity index (χ4n) is 3.56. The van der Waals surface area contributed by atoms with Gasteiger partial charge in [0.15, 0.2) is 5.82 Å². The minimum absolute atomic E-state index is 0.0737. The number of ether oxygens (including phenoxy) is 2. The van der Waals surface area contributed by atoms with Gasteiger partial charge in [-0.05, 0) is 54.6 Å². The molecule has 1 aliphatic heterocycles. The number of piperazine rings is 1. The first kappa shape index (κ1) is 22.3. The lowest BCUT2D eigenvalue weighted by Crippen LogP contribution is -2.49. The highest BCUT2D eigenvalue weighted by Crippen LogP contribution is 2.30. The van der Waals surface area contributed by atoms with Gasteiger partial charge in [0.25, 0.3) is 0 Å². The molecule has 32 heavy (non-hydrogen) atoms. The van der Waals surface area contributed by atoms with Gasteiger partial charge in [-0.2, -0.15) is 4.31 Å². The van der Waals surface area contributed by atoms with Crippen LogP contribution in [0.5, 0.6) is 11.5 Å². The lowest BCUT2D eigenvalue weighted by Gasteiger charge is -2.34. The number of methoxy groups -OCH3 is 2. The first-order chi connectivity index (χ1) is 15.4. The molecule has 2 aromatic carbocycles. The number of halogens is 1. The number of hydrogen-bond acceptors (Lipinski definition) is 7. The van der Waals surface area contributed by atoms with E-state index in [1.807, 2.05) is 41.3 Å². The average Bonchev–Trinajstić information content (AvgIpc) is 2.84. The Kier molecular flexibility index (Phi) is 6.50. The third kappa shape index (κ3) is 4.50. The molecule has 4 rings (SSSR count). The van der Waals surface area contributed by atoms with Crippen LogP contribution in [-0.2, 0) is 10.0 Å². The molecule has 0 unspecified atom stereocenters. The number of sulfonamides is 1. The number of anilines is 1. The fraction of sp³-hybridized carbons (Fsp3) is 0.273. The van der Waals surface area contributed by atoms with Gasteiger partial charge in [-0.25, -0.2) is 8.42 Å². The highest BCUT2D eigenvalue weighted by atomic mass is 35.5. The summed E-state index contributed by atoms with van der Waals surface area (Å²) in [6, 6.07) is 16.0. The maximum atomic E-state index is 13.1. The van der Waals surface area contributed by atoms with Gasteiger partial charge in [-0.15, -0.1) is 10.2 Å². The summed E-state index contributed by atoms with van der Waals surface area (Å²) in [5, 5.41) is 9.02.